The molecule has 0 aromatic carbocycles. The van der Waals surface area contributed by atoms with Crippen molar-refractivity contribution in [2.24, 2.45) is 7.05 Å². The van der Waals surface area contributed by atoms with Crippen LogP contribution in [0.25, 0.3) is 11.0 Å². The number of anilines is 1. The molecular weight excluding hydrogens is 382 g/mol. The van der Waals surface area contributed by atoms with Gasteiger partial charge in [0.25, 0.3) is 11.5 Å². The van der Waals surface area contributed by atoms with Gasteiger partial charge in [-0.05, 0) is 31.4 Å². The topological polar surface area (TPSA) is 97.9 Å². The van der Waals surface area contributed by atoms with Gasteiger partial charge in [0, 0.05) is 50.0 Å². The molecule has 0 atom stereocenters. The van der Waals surface area contributed by atoms with Crippen molar-refractivity contribution in [3.8, 4) is 0 Å². The lowest BCUT2D eigenvalue weighted by molar-refractivity contribution is 0.0924. The van der Waals surface area contributed by atoms with Gasteiger partial charge >= 0.3 is 0 Å². The fraction of sp³-hybridized carbons (Fsp3) is 0.476. The van der Waals surface area contributed by atoms with Gasteiger partial charge in [-0.1, -0.05) is 12.8 Å². The number of carbonyl (C=O) groups excluding carboxylic acids is 1. The summed E-state index contributed by atoms with van der Waals surface area (Å²) in [5, 5.41) is 8.04. The van der Waals surface area contributed by atoms with Crippen LogP contribution in [0.4, 0.5) is 5.95 Å². The van der Waals surface area contributed by atoms with Gasteiger partial charge in [0.05, 0.1) is 6.04 Å². The summed E-state index contributed by atoms with van der Waals surface area (Å²) in [5.41, 5.74) is 2.05. The largest absolute Gasteiger partial charge is 0.344 e. The highest BCUT2D eigenvalue weighted by Gasteiger charge is 2.31. The summed E-state index contributed by atoms with van der Waals surface area (Å²) in [7, 11) is 1.78. The third-order valence-corrected chi connectivity index (χ3v) is 6.12. The van der Waals surface area contributed by atoms with Crippen molar-refractivity contribution >= 4 is 22.9 Å². The Hall–Kier alpha value is -3.23. The fourth-order valence-electron chi connectivity index (χ4n) is 4.46. The number of aromatic nitrogens is 5. The van der Waals surface area contributed by atoms with Crippen LogP contribution in [0.2, 0.25) is 0 Å². The molecule has 1 aliphatic carbocycles. The molecule has 0 bridgehead atoms. The number of pyridine rings is 1. The molecule has 5 rings (SSSR count). The second-order valence-corrected chi connectivity index (χ2v) is 8.33. The molecule has 1 amide bonds. The van der Waals surface area contributed by atoms with Crippen LogP contribution in [0.1, 0.15) is 47.8 Å². The Morgan fingerprint density at radius 2 is 2.00 bits per heavy atom. The zero-order valence-corrected chi connectivity index (χ0v) is 17.2. The molecule has 3 aromatic rings. The number of nitrogens with zero attached hydrogens (tertiary/aromatic N) is 6. The maximum atomic E-state index is 12.7. The number of aryl methyl sites for hydroxylation is 2. The van der Waals surface area contributed by atoms with E-state index in [1.165, 1.54) is 0 Å². The standard InChI is InChI=1S/C21H25N7O2/c1-13-9-18(29)28(15-5-3-4-6-15)19-16(13)10-22-21(24-19)27-11-14(12-27)23-20(30)17-7-8-26(2)25-17/h7-10,14-15H,3-6,11-12H2,1-2H3,(H,23,30). The third kappa shape index (κ3) is 3.24. The first-order chi connectivity index (χ1) is 14.5. The summed E-state index contributed by atoms with van der Waals surface area (Å²) < 4.78 is 3.47. The minimum absolute atomic E-state index is 0.0145. The summed E-state index contributed by atoms with van der Waals surface area (Å²) in [6.07, 6.45) is 7.89. The number of hydrogen-bond acceptors (Lipinski definition) is 6. The van der Waals surface area contributed by atoms with Gasteiger partial charge in [-0.15, -0.1) is 0 Å². The average molecular weight is 407 g/mol. The molecule has 1 aliphatic heterocycles. The summed E-state index contributed by atoms with van der Waals surface area (Å²) >= 11 is 0. The highest BCUT2D eigenvalue weighted by Crippen LogP contribution is 2.31. The van der Waals surface area contributed by atoms with E-state index in [0.29, 0.717) is 24.7 Å². The number of rotatable bonds is 4. The zero-order chi connectivity index (χ0) is 20.8. The lowest BCUT2D eigenvalue weighted by Crippen LogP contribution is -2.60. The van der Waals surface area contributed by atoms with Crippen LogP contribution in [0.15, 0.2) is 29.3 Å². The molecule has 0 unspecified atom stereocenters. The summed E-state index contributed by atoms with van der Waals surface area (Å²) in [5.74, 6) is 0.424. The molecule has 9 heteroatoms. The molecule has 2 aliphatic rings. The van der Waals surface area contributed by atoms with E-state index in [9.17, 15) is 9.59 Å². The normalized spacial score (nSPS) is 17.5. The Kier molecular flexibility index (Phi) is 4.52. The van der Waals surface area contributed by atoms with Crippen LogP contribution in [0.5, 0.6) is 0 Å². The van der Waals surface area contributed by atoms with E-state index in [1.54, 1.807) is 30.1 Å². The first kappa shape index (κ1) is 18.8. The van der Waals surface area contributed by atoms with Gasteiger partial charge < -0.3 is 10.2 Å². The minimum Gasteiger partial charge on any atom is -0.344 e. The van der Waals surface area contributed by atoms with Gasteiger partial charge in [0.15, 0.2) is 0 Å². The van der Waals surface area contributed by atoms with E-state index in [2.05, 4.69) is 15.4 Å². The number of hydrogen-bond donors (Lipinski definition) is 1. The zero-order valence-electron chi connectivity index (χ0n) is 17.2. The van der Waals surface area contributed by atoms with E-state index in [-0.39, 0.29) is 23.6 Å². The van der Waals surface area contributed by atoms with Crippen molar-refractivity contribution in [2.45, 2.75) is 44.7 Å². The smallest absolute Gasteiger partial charge is 0.272 e. The van der Waals surface area contributed by atoms with E-state index in [4.69, 9.17) is 4.98 Å². The molecule has 30 heavy (non-hydrogen) atoms. The second-order valence-electron chi connectivity index (χ2n) is 8.33. The Morgan fingerprint density at radius 3 is 2.70 bits per heavy atom. The SMILES string of the molecule is Cc1cc(=O)n(C2CCCC2)c2nc(N3CC(NC(=O)c4ccn(C)n4)C3)ncc12. The maximum absolute atomic E-state index is 12.7. The molecule has 9 nitrogen and oxygen atoms in total. The van der Waals surface area contributed by atoms with Crippen molar-refractivity contribution in [1.29, 1.82) is 0 Å². The number of amides is 1. The van der Waals surface area contributed by atoms with Gasteiger partial charge in [-0.2, -0.15) is 10.1 Å². The van der Waals surface area contributed by atoms with Crippen molar-refractivity contribution in [3.63, 3.8) is 0 Å². The minimum atomic E-state index is -0.176. The number of fused-ring (bicyclic) bond motifs is 1. The van der Waals surface area contributed by atoms with Crippen molar-refractivity contribution in [1.82, 2.24) is 29.6 Å². The quantitative estimate of drug-likeness (QED) is 0.705. The molecule has 0 spiro atoms. The lowest BCUT2D eigenvalue weighted by atomic mass is 10.1. The van der Waals surface area contributed by atoms with Crippen LogP contribution in [-0.4, -0.2) is 49.4 Å². The predicted octanol–water partition coefficient (Wildman–Crippen LogP) is 1.57. The monoisotopic (exact) mass is 407 g/mol. The van der Waals surface area contributed by atoms with Gasteiger partial charge in [-0.25, -0.2) is 4.98 Å². The van der Waals surface area contributed by atoms with Crippen LogP contribution in [-0.2, 0) is 7.05 Å². The average Bonchev–Trinajstić information content (AvgIpc) is 3.36. The lowest BCUT2D eigenvalue weighted by Gasteiger charge is -2.39. The Bertz CT molecular complexity index is 1170. The first-order valence-electron chi connectivity index (χ1n) is 10.4. The summed E-state index contributed by atoms with van der Waals surface area (Å²) in [6, 6.07) is 3.62. The summed E-state index contributed by atoms with van der Waals surface area (Å²) in [4.78, 5) is 36.4. The molecule has 1 N–H and O–H groups in total. The van der Waals surface area contributed by atoms with Crippen LogP contribution < -0.4 is 15.8 Å². The molecule has 4 heterocycles. The highest BCUT2D eigenvalue weighted by molar-refractivity contribution is 5.92. The van der Waals surface area contributed by atoms with Crippen molar-refractivity contribution < 1.29 is 4.79 Å². The Morgan fingerprint density at radius 1 is 1.23 bits per heavy atom. The summed E-state index contributed by atoms with van der Waals surface area (Å²) in [6.45, 7) is 3.19. The van der Waals surface area contributed by atoms with Crippen LogP contribution >= 0.6 is 0 Å². The molecule has 156 valence electrons. The number of carbonyl (C=O) groups is 1. The number of nitrogens with one attached hydrogen (secondary N) is 1. The molecule has 1 saturated heterocycles. The van der Waals surface area contributed by atoms with E-state index < -0.39 is 0 Å². The van der Waals surface area contributed by atoms with Gasteiger partial charge in [0.2, 0.25) is 5.95 Å². The Balaban J connectivity index is 1.36. The molecular formula is C21H25N7O2. The Labute approximate surface area is 173 Å². The fourth-order valence-corrected chi connectivity index (χ4v) is 4.46. The van der Waals surface area contributed by atoms with Crippen molar-refractivity contribution in [2.75, 3.05) is 18.0 Å². The van der Waals surface area contributed by atoms with E-state index in [1.807, 2.05) is 22.6 Å². The van der Waals surface area contributed by atoms with Crippen molar-refractivity contribution in [3.05, 3.63) is 46.1 Å². The van der Waals surface area contributed by atoms with Gasteiger partial charge in [0.1, 0.15) is 11.3 Å². The van der Waals surface area contributed by atoms with Gasteiger partial charge in [-0.3, -0.25) is 18.8 Å². The molecule has 0 radical (unpaired) electrons. The van der Waals surface area contributed by atoms with Crippen LogP contribution in [0.3, 0.4) is 0 Å². The molecule has 3 aromatic heterocycles. The second kappa shape index (κ2) is 7.23. The maximum Gasteiger partial charge on any atom is 0.272 e. The highest BCUT2D eigenvalue weighted by atomic mass is 16.2. The first-order valence-corrected chi connectivity index (χ1v) is 10.4. The van der Waals surface area contributed by atoms with Crippen LogP contribution in [0, 0.1) is 6.92 Å². The van der Waals surface area contributed by atoms with E-state index >= 15 is 0 Å². The predicted molar refractivity (Wildman–Crippen MR) is 113 cm³/mol. The third-order valence-electron chi connectivity index (χ3n) is 6.12. The molecule has 2 fully saturated rings. The van der Waals surface area contributed by atoms with E-state index in [0.717, 1.165) is 42.3 Å². The molecule has 1 saturated carbocycles.